The van der Waals surface area contributed by atoms with E-state index >= 15 is 0 Å². The Hall–Kier alpha value is -1.08. The van der Waals surface area contributed by atoms with E-state index in [1.807, 2.05) is 6.92 Å². The molecule has 1 aromatic heterocycles. The fraction of sp³-hybridized carbons (Fsp3) is 0.667. The minimum atomic E-state index is -2.98. The van der Waals surface area contributed by atoms with Crippen molar-refractivity contribution in [3.05, 3.63) is 11.8 Å². The molecule has 0 aliphatic carbocycles. The lowest BCUT2D eigenvalue weighted by molar-refractivity contribution is -0.116. The number of carbonyl (C=O) groups is 1. The number of alkyl halides is 1. The number of sulfone groups is 1. The van der Waals surface area contributed by atoms with Crippen LogP contribution in [-0.2, 0) is 14.6 Å². The Bertz CT molecular complexity index is 597. The summed E-state index contributed by atoms with van der Waals surface area (Å²) in [6, 6.07) is 1.56. The first kappa shape index (κ1) is 15.3. The molecule has 6 nitrogen and oxygen atoms in total. The number of nitrogens with one attached hydrogen (secondary N) is 1. The highest BCUT2D eigenvalue weighted by Crippen LogP contribution is 2.27. The zero-order chi connectivity index (χ0) is 14.8. The molecule has 0 bridgehead atoms. The van der Waals surface area contributed by atoms with Gasteiger partial charge in [-0.15, -0.1) is 11.6 Å². The minimum absolute atomic E-state index is 0.0820. The second-order valence-electron chi connectivity index (χ2n) is 5.01. The first-order chi connectivity index (χ1) is 9.41. The standard InChI is InChI=1S/C12H18ClN3O3S/c1-9-7-11(14-12(17)3-2-5-13)16(15-9)10-4-6-20(18,19)8-10/h7,10H,2-6,8H2,1H3,(H,14,17). The van der Waals surface area contributed by atoms with Crippen LogP contribution in [0, 0.1) is 6.92 Å². The van der Waals surface area contributed by atoms with Crippen LogP contribution in [0.3, 0.4) is 0 Å². The van der Waals surface area contributed by atoms with Gasteiger partial charge in [-0.3, -0.25) is 4.79 Å². The van der Waals surface area contributed by atoms with Gasteiger partial charge in [0.05, 0.1) is 23.2 Å². The zero-order valence-corrected chi connectivity index (χ0v) is 12.9. The fourth-order valence-corrected chi connectivity index (χ4v) is 4.11. The summed E-state index contributed by atoms with van der Waals surface area (Å²) in [4.78, 5) is 11.7. The normalized spacial score (nSPS) is 21.0. The summed E-state index contributed by atoms with van der Waals surface area (Å²) >= 11 is 5.55. The molecule has 2 rings (SSSR count). The van der Waals surface area contributed by atoms with Crippen molar-refractivity contribution in [1.29, 1.82) is 0 Å². The van der Waals surface area contributed by atoms with Crippen LogP contribution >= 0.6 is 11.6 Å². The Labute approximate surface area is 123 Å². The van der Waals surface area contributed by atoms with E-state index in [9.17, 15) is 13.2 Å². The quantitative estimate of drug-likeness (QED) is 0.834. The van der Waals surface area contributed by atoms with E-state index in [1.54, 1.807) is 10.7 Å². The van der Waals surface area contributed by atoms with Gasteiger partial charge in [-0.2, -0.15) is 5.10 Å². The molecule has 2 heterocycles. The molecular weight excluding hydrogens is 302 g/mol. The Balaban J connectivity index is 2.12. The molecule has 0 spiro atoms. The summed E-state index contributed by atoms with van der Waals surface area (Å²) in [6.07, 6.45) is 1.49. The van der Waals surface area contributed by atoms with E-state index in [1.165, 1.54) is 0 Å². The molecule has 1 fully saturated rings. The number of hydrogen-bond donors (Lipinski definition) is 1. The predicted molar refractivity (Wildman–Crippen MR) is 77.9 cm³/mol. The molecule has 1 saturated heterocycles. The van der Waals surface area contributed by atoms with Crippen molar-refractivity contribution in [2.75, 3.05) is 22.7 Å². The van der Waals surface area contributed by atoms with Crippen molar-refractivity contribution in [3.63, 3.8) is 0 Å². The third kappa shape index (κ3) is 3.73. The van der Waals surface area contributed by atoms with Crippen LogP contribution in [0.15, 0.2) is 6.07 Å². The first-order valence-electron chi connectivity index (χ1n) is 6.53. The van der Waals surface area contributed by atoms with Gasteiger partial charge < -0.3 is 5.32 Å². The smallest absolute Gasteiger partial charge is 0.225 e. The Morgan fingerprint density at radius 1 is 1.60 bits per heavy atom. The van der Waals surface area contributed by atoms with Gasteiger partial charge in [0.25, 0.3) is 0 Å². The van der Waals surface area contributed by atoms with Gasteiger partial charge in [0.1, 0.15) is 5.82 Å². The predicted octanol–water partition coefficient (Wildman–Crippen LogP) is 1.51. The second kappa shape index (κ2) is 6.13. The largest absolute Gasteiger partial charge is 0.311 e. The van der Waals surface area contributed by atoms with E-state index in [-0.39, 0.29) is 23.5 Å². The maximum atomic E-state index is 11.7. The molecule has 1 aliphatic heterocycles. The van der Waals surface area contributed by atoms with Gasteiger partial charge in [0.15, 0.2) is 9.84 Å². The van der Waals surface area contributed by atoms with Gasteiger partial charge in [-0.1, -0.05) is 0 Å². The van der Waals surface area contributed by atoms with Gasteiger partial charge >= 0.3 is 0 Å². The number of amides is 1. The zero-order valence-electron chi connectivity index (χ0n) is 11.3. The summed E-state index contributed by atoms with van der Waals surface area (Å²) in [6.45, 7) is 1.81. The van der Waals surface area contributed by atoms with Crippen molar-refractivity contribution in [1.82, 2.24) is 9.78 Å². The van der Waals surface area contributed by atoms with Crippen LogP contribution in [0.25, 0.3) is 0 Å². The van der Waals surface area contributed by atoms with Crippen LogP contribution in [0.2, 0.25) is 0 Å². The van der Waals surface area contributed by atoms with Gasteiger partial charge in [0.2, 0.25) is 5.91 Å². The Morgan fingerprint density at radius 3 is 2.95 bits per heavy atom. The molecule has 1 aromatic rings. The topological polar surface area (TPSA) is 81.1 Å². The summed E-state index contributed by atoms with van der Waals surface area (Å²) in [5.41, 5.74) is 0.752. The van der Waals surface area contributed by atoms with Gasteiger partial charge in [-0.25, -0.2) is 13.1 Å². The number of nitrogens with zero attached hydrogens (tertiary/aromatic N) is 2. The lowest BCUT2D eigenvalue weighted by Gasteiger charge is -2.13. The molecular formula is C12H18ClN3O3S. The van der Waals surface area contributed by atoms with Crippen molar-refractivity contribution in [2.45, 2.75) is 32.2 Å². The van der Waals surface area contributed by atoms with Crippen molar-refractivity contribution in [2.24, 2.45) is 0 Å². The summed E-state index contributed by atoms with van der Waals surface area (Å²) < 4.78 is 24.7. The summed E-state index contributed by atoms with van der Waals surface area (Å²) in [7, 11) is -2.98. The summed E-state index contributed by atoms with van der Waals surface area (Å²) in [5, 5.41) is 7.08. The van der Waals surface area contributed by atoms with Crippen LogP contribution in [0.1, 0.15) is 31.0 Å². The number of aryl methyl sites for hydroxylation is 1. The monoisotopic (exact) mass is 319 g/mol. The third-order valence-electron chi connectivity index (χ3n) is 3.22. The number of halogens is 1. The number of anilines is 1. The highest BCUT2D eigenvalue weighted by atomic mass is 35.5. The maximum Gasteiger partial charge on any atom is 0.225 e. The van der Waals surface area contributed by atoms with Gasteiger partial charge in [0, 0.05) is 18.4 Å². The fourth-order valence-electron chi connectivity index (χ4n) is 2.29. The number of rotatable bonds is 5. The second-order valence-corrected chi connectivity index (χ2v) is 7.62. The Morgan fingerprint density at radius 2 is 2.35 bits per heavy atom. The van der Waals surface area contributed by atoms with E-state index < -0.39 is 9.84 Å². The molecule has 0 aromatic carbocycles. The lowest BCUT2D eigenvalue weighted by Crippen LogP contribution is -2.19. The minimum Gasteiger partial charge on any atom is -0.311 e. The van der Waals surface area contributed by atoms with Crippen LogP contribution in [0.5, 0.6) is 0 Å². The highest BCUT2D eigenvalue weighted by molar-refractivity contribution is 7.91. The first-order valence-corrected chi connectivity index (χ1v) is 8.89. The van der Waals surface area contributed by atoms with E-state index in [4.69, 9.17) is 11.6 Å². The molecule has 1 atom stereocenters. The number of aromatic nitrogens is 2. The Kier molecular flexibility index (Phi) is 4.70. The molecule has 1 unspecified atom stereocenters. The average molecular weight is 320 g/mol. The van der Waals surface area contributed by atoms with Crippen LogP contribution < -0.4 is 5.32 Å². The van der Waals surface area contributed by atoms with E-state index in [2.05, 4.69) is 10.4 Å². The molecule has 0 radical (unpaired) electrons. The molecule has 1 aliphatic rings. The van der Waals surface area contributed by atoms with Crippen molar-refractivity contribution < 1.29 is 13.2 Å². The lowest BCUT2D eigenvalue weighted by atomic mass is 10.2. The maximum absolute atomic E-state index is 11.7. The number of hydrogen-bond acceptors (Lipinski definition) is 4. The molecule has 8 heteroatoms. The molecule has 20 heavy (non-hydrogen) atoms. The van der Waals surface area contributed by atoms with Crippen molar-refractivity contribution >= 4 is 33.2 Å². The SMILES string of the molecule is Cc1cc(NC(=O)CCCCl)n(C2CCS(=O)(=O)C2)n1. The van der Waals surface area contributed by atoms with E-state index in [0.29, 0.717) is 31.0 Å². The van der Waals surface area contributed by atoms with Crippen molar-refractivity contribution in [3.8, 4) is 0 Å². The molecule has 112 valence electrons. The highest BCUT2D eigenvalue weighted by Gasteiger charge is 2.31. The van der Waals surface area contributed by atoms with E-state index in [0.717, 1.165) is 5.69 Å². The summed E-state index contributed by atoms with van der Waals surface area (Å²) in [5.74, 6) is 1.12. The molecule has 0 saturated carbocycles. The third-order valence-corrected chi connectivity index (χ3v) is 5.23. The van der Waals surface area contributed by atoms with Crippen LogP contribution in [-0.4, -0.2) is 41.5 Å². The molecule has 1 amide bonds. The van der Waals surface area contributed by atoms with Gasteiger partial charge in [-0.05, 0) is 19.8 Å². The van der Waals surface area contributed by atoms with Crippen LogP contribution in [0.4, 0.5) is 5.82 Å². The average Bonchev–Trinajstić information content (AvgIpc) is 2.89. The molecule has 1 N–H and O–H groups in total. The number of carbonyl (C=O) groups excluding carboxylic acids is 1.